The number of nitrogens with zero attached hydrogens (tertiary/aromatic N) is 1. The fourth-order valence-corrected chi connectivity index (χ4v) is 4.83. The molecule has 1 atom stereocenters. The summed E-state index contributed by atoms with van der Waals surface area (Å²) >= 11 is 0. The van der Waals surface area contributed by atoms with Gasteiger partial charge in [-0.15, -0.1) is 0 Å². The van der Waals surface area contributed by atoms with E-state index in [-0.39, 0.29) is 5.16 Å². The summed E-state index contributed by atoms with van der Waals surface area (Å²) in [4.78, 5) is 4.33. The number of aromatic nitrogens is 1. The summed E-state index contributed by atoms with van der Waals surface area (Å²) < 4.78 is 13.6. The van der Waals surface area contributed by atoms with Gasteiger partial charge in [0, 0.05) is 28.5 Å². The lowest BCUT2D eigenvalue weighted by atomic mass is 10.3. The van der Waals surface area contributed by atoms with E-state index in [0.717, 1.165) is 11.0 Å². The van der Waals surface area contributed by atoms with Crippen molar-refractivity contribution in [2.24, 2.45) is 0 Å². The van der Waals surface area contributed by atoms with Crippen molar-refractivity contribution in [1.82, 2.24) is 4.98 Å². The minimum Gasteiger partial charge on any atom is -0.318 e. The van der Waals surface area contributed by atoms with Crippen molar-refractivity contribution in [1.29, 1.82) is 0 Å². The largest absolute Gasteiger partial charge is 0.318 e. The Bertz CT molecular complexity index is 573. The summed E-state index contributed by atoms with van der Waals surface area (Å²) in [6.45, 7) is 6.14. The highest BCUT2D eigenvalue weighted by molar-refractivity contribution is 7.72. The lowest BCUT2D eigenvalue weighted by molar-refractivity contribution is 0.555. The van der Waals surface area contributed by atoms with Gasteiger partial charge in [0.1, 0.15) is 7.14 Å². The van der Waals surface area contributed by atoms with Crippen molar-refractivity contribution in [3.8, 4) is 0 Å². The van der Waals surface area contributed by atoms with E-state index in [9.17, 15) is 4.57 Å². The molecule has 0 spiro atoms. The van der Waals surface area contributed by atoms with Crippen molar-refractivity contribution in [3.05, 3.63) is 60.4 Å². The third kappa shape index (κ3) is 2.96. The Balaban J connectivity index is 2.46. The third-order valence-corrected chi connectivity index (χ3v) is 7.44. The topological polar surface area (TPSA) is 30.0 Å². The van der Waals surface area contributed by atoms with Crippen LogP contribution in [0.1, 0.15) is 26.5 Å². The van der Waals surface area contributed by atoms with Gasteiger partial charge < -0.3 is 4.57 Å². The van der Waals surface area contributed by atoms with Gasteiger partial charge in [0.05, 0.1) is 0 Å². The van der Waals surface area contributed by atoms with Crippen LogP contribution >= 0.6 is 7.14 Å². The van der Waals surface area contributed by atoms with Gasteiger partial charge in [0.2, 0.25) is 0 Å². The molecule has 2 aromatic rings. The number of hydrogen-bond donors (Lipinski definition) is 0. The van der Waals surface area contributed by atoms with E-state index >= 15 is 0 Å². The van der Waals surface area contributed by atoms with Crippen LogP contribution < -0.4 is 5.30 Å². The van der Waals surface area contributed by atoms with Crippen molar-refractivity contribution >= 4 is 12.4 Å². The fourth-order valence-electron chi connectivity index (χ4n) is 2.10. The molecule has 2 nitrogen and oxygen atoms in total. The molecule has 19 heavy (non-hydrogen) atoms. The molecular formula is C16H20NOP. The zero-order chi connectivity index (χ0) is 13.9. The van der Waals surface area contributed by atoms with Crippen LogP contribution in [0.15, 0.2) is 54.7 Å². The molecule has 0 saturated carbocycles. The Morgan fingerprint density at radius 2 is 1.63 bits per heavy atom. The maximum atomic E-state index is 13.6. The van der Waals surface area contributed by atoms with Crippen molar-refractivity contribution < 1.29 is 4.57 Å². The first kappa shape index (κ1) is 14.0. The number of pyridine rings is 1. The molecule has 1 unspecified atom stereocenters. The van der Waals surface area contributed by atoms with Crippen LogP contribution in [-0.4, -0.2) is 10.1 Å². The van der Waals surface area contributed by atoms with Gasteiger partial charge in [0.15, 0.2) is 0 Å². The molecule has 1 aromatic heterocycles. The Kier molecular flexibility index (Phi) is 3.91. The summed E-state index contributed by atoms with van der Waals surface area (Å²) in [5.41, 5.74) is 0.893. The van der Waals surface area contributed by atoms with Crippen molar-refractivity contribution in [2.45, 2.75) is 32.1 Å². The zero-order valence-electron chi connectivity index (χ0n) is 11.7. The quantitative estimate of drug-likeness (QED) is 0.789. The van der Waals surface area contributed by atoms with Gasteiger partial charge in [-0.05, 0) is 12.1 Å². The molecule has 2 rings (SSSR count). The highest BCUT2D eigenvalue weighted by atomic mass is 31.2. The van der Waals surface area contributed by atoms with E-state index in [1.54, 1.807) is 6.20 Å². The summed E-state index contributed by atoms with van der Waals surface area (Å²) in [7, 11) is -2.54. The lowest BCUT2D eigenvalue weighted by Gasteiger charge is -2.31. The molecule has 0 radical (unpaired) electrons. The van der Waals surface area contributed by atoms with Crippen LogP contribution in [0.5, 0.6) is 0 Å². The van der Waals surface area contributed by atoms with E-state index in [2.05, 4.69) is 4.98 Å². The standard InChI is InChI=1S/C16H20NOP/c1-16(2,3)19(18,15-10-5-4-6-11-15)13-14-9-7-8-12-17-14/h4-12H,13H2,1-3H3. The predicted octanol–water partition coefficient (Wildman–Crippen LogP) is 4.07. The number of hydrogen-bond acceptors (Lipinski definition) is 2. The highest BCUT2D eigenvalue weighted by Crippen LogP contribution is 2.58. The summed E-state index contributed by atoms with van der Waals surface area (Å²) in [5, 5.41) is 0.666. The summed E-state index contributed by atoms with van der Waals surface area (Å²) in [6.07, 6.45) is 2.27. The van der Waals surface area contributed by atoms with Crippen LogP contribution in [-0.2, 0) is 10.7 Å². The predicted molar refractivity (Wildman–Crippen MR) is 81.4 cm³/mol. The molecule has 1 aromatic carbocycles. The van der Waals surface area contributed by atoms with Gasteiger partial charge in [-0.1, -0.05) is 57.2 Å². The molecule has 0 amide bonds. The Morgan fingerprint density at radius 3 is 2.16 bits per heavy atom. The van der Waals surface area contributed by atoms with E-state index in [0.29, 0.717) is 6.16 Å². The first-order valence-corrected chi connectivity index (χ1v) is 8.37. The van der Waals surface area contributed by atoms with Gasteiger partial charge in [-0.2, -0.15) is 0 Å². The molecule has 1 heterocycles. The number of benzene rings is 1. The van der Waals surface area contributed by atoms with Gasteiger partial charge in [0.25, 0.3) is 0 Å². The van der Waals surface area contributed by atoms with Crippen LogP contribution in [0.2, 0.25) is 0 Å². The Hall–Kier alpha value is -1.40. The van der Waals surface area contributed by atoms with Gasteiger partial charge in [-0.25, -0.2) is 0 Å². The van der Waals surface area contributed by atoms with Crippen molar-refractivity contribution in [2.75, 3.05) is 0 Å². The molecule has 0 saturated heterocycles. The second-order valence-corrected chi connectivity index (χ2v) is 9.38. The molecular weight excluding hydrogens is 253 g/mol. The summed E-state index contributed by atoms with van der Waals surface area (Å²) in [6, 6.07) is 15.6. The maximum absolute atomic E-state index is 13.6. The second-order valence-electron chi connectivity index (χ2n) is 5.73. The summed E-state index contributed by atoms with van der Waals surface area (Å²) in [5.74, 6) is 0. The Labute approximate surface area is 115 Å². The van der Waals surface area contributed by atoms with E-state index in [1.165, 1.54) is 0 Å². The molecule has 0 N–H and O–H groups in total. The second kappa shape index (κ2) is 5.30. The van der Waals surface area contributed by atoms with Crippen LogP contribution in [0.25, 0.3) is 0 Å². The monoisotopic (exact) mass is 273 g/mol. The Morgan fingerprint density at radius 1 is 1.00 bits per heavy atom. The van der Waals surface area contributed by atoms with E-state index < -0.39 is 7.14 Å². The SMILES string of the molecule is CC(C)(C)P(=O)(Cc1ccccn1)c1ccccc1. The number of rotatable bonds is 3. The molecule has 0 aliphatic rings. The average molecular weight is 273 g/mol. The first-order chi connectivity index (χ1) is 8.93. The zero-order valence-corrected chi connectivity index (χ0v) is 12.6. The van der Waals surface area contributed by atoms with Crippen LogP contribution in [0.4, 0.5) is 0 Å². The van der Waals surface area contributed by atoms with E-state index in [1.807, 2.05) is 69.3 Å². The molecule has 0 fully saturated rings. The van der Waals surface area contributed by atoms with Crippen molar-refractivity contribution in [3.63, 3.8) is 0 Å². The average Bonchev–Trinajstić information content (AvgIpc) is 2.39. The van der Waals surface area contributed by atoms with Crippen LogP contribution in [0, 0.1) is 0 Å². The van der Waals surface area contributed by atoms with Crippen LogP contribution in [0.3, 0.4) is 0 Å². The van der Waals surface area contributed by atoms with E-state index in [4.69, 9.17) is 0 Å². The fraction of sp³-hybridized carbons (Fsp3) is 0.312. The first-order valence-electron chi connectivity index (χ1n) is 6.48. The molecule has 0 bridgehead atoms. The van der Waals surface area contributed by atoms with Gasteiger partial charge >= 0.3 is 0 Å². The molecule has 100 valence electrons. The lowest BCUT2D eigenvalue weighted by Crippen LogP contribution is -2.24. The normalized spacial score (nSPS) is 14.9. The molecule has 0 aliphatic heterocycles. The molecule has 3 heteroatoms. The third-order valence-electron chi connectivity index (χ3n) is 3.37. The highest BCUT2D eigenvalue weighted by Gasteiger charge is 2.38. The maximum Gasteiger partial charge on any atom is 0.126 e. The minimum atomic E-state index is -2.54. The molecule has 0 aliphatic carbocycles. The van der Waals surface area contributed by atoms with Gasteiger partial charge in [-0.3, -0.25) is 4.98 Å². The minimum absolute atomic E-state index is 0.272. The smallest absolute Gasteiger partial charge is 0.126 e.